The Morgan fingerprint density at radius 3 is 2.61 bits per heavy atom. The maximum atomic E-state index is 12.2. The van der Waals surface area contributed by atoms with Crippen molar-refractivity contribution in [1.82, 2.24) is 10.3 Å². The fraction of sp³-hybridized carbons (Fsp3) is 0.476. The van der Waals surface area contributed by atoms with Crippen molar-refractivity contribution in [3.8, 4) is 16.3 Å². The van der Waals surface area contributed by atoms with Crippen LogP contribution in [0.1, 0.15) is 50.0 Å². The molecule has 28 heavy (non-hydrogen) atoms. The Morgan fingerprint density at radius 1 is 1.21 bits per heavy atom. The predicted octanol–water partition coefficient (Wildman–Crippen LogP) is 4.31. The van der Waals surface area contributed by atoms with Crippen LogP contribution >= 0.6 is 11.3 Å². The minimum atomic E-state index is -0.593. The Balaban J connectivity index is 1.81. The lowest BCUT2D eigenvalue weighted by Crippen LogP contribution is -2.32. The molecule has 0 aliphatic heterocycles. The number of carbonyl (C=O) groups excluding carboxylic acids is 2. The second-order valence-corrected chi connectivity index (χ2v) is 7.42. The smallest absolute Gasteiger partial charge is 0.358 e. The lowest BCUT2D eigenvalue weighted by Gasteiger charge is -2.15. The van der Waals surface area contributed by atoms with Gasteiger partial charge in [0.1, 0.15) is 10.8 Å². The molecule has 1 amide bonds. The highest BCUT2D eigenvalue weighted by Crippen LogP contribution is 2.25. The zero-order valence-corrected chi connectivity index (χ0v) is 17.5. The molecule has 1 N–H and O–H groups in total. The number of rotatable bonds is 11. The minimum Gasteiger partial charge on any atom is -0.497 e. The van der Waals surface area contributed by atoms with E-state index in [4.69, 9.17) is 9.47 Å². The van der Waals surface area contributed by atoms with Crippen LogP contribution in [0.5, 0.6) is 5.75 Å². The standard InChI is InChI=1S/C21H28N2O4S/c1-4-6-7-15(5-2)12-22-19(24)13-27-21(25)18-14-28-20(23-18)16-8-10-17(26-3)11-9-16/h8-11,14-15H,4-7,12-13H2,1-3H3,(H,22,24)/t15-/m1/s1. The first kappa shape index (κ1) is 21.9. The van der Waals surface area contributed by atoms with Crippen LogP contribution in [0.25, 0.3) is 10.6 Å². The van der Waals surface area contributed by atoms with Crippen molar-refractivity contribution in [2.45, 2.75) is 39.5 Å². The highest BCUT2D eigenvalue weighted by Gasteiger charge is 2.15. The summed E-state index contributed by atoms with van der Waals surface area (Å²) >= 11 is 1.35. The Hall–Kier alpha value is -2.41. The number of carbonyl (C=O) groups is 2. The fourth-order valence-corrected chi connectivity index (χ4v) is 3.49. The summed E-state index contributed by atoms with van der Waals surface area (Å²) < 4.78 is 10.2. The minimum absolute atomic E-state index is 0.206. The molecule has 0 spiro atoms. The molecule has 2 rings (SSSR count). The number of aromatic nitrogens is 1. The number of thiazole rings is 1. The number of hydrogen-bond acceptors (Lipinski definition) is 6. The van der Waals surface area contributed by atoms with Crippen molar-refractivity contribution >= 4 is 23.2 Å². The number of ether oxygens (including phenoxy) is 2. The molecule has 2 aromatic rings. The lowest BCUT2D eigenvalue weighted by atomic mass is 9.99. The molecule has 0 aliphatic rings. The van der Waals surface area contributed by atoms with Gasteiger partial charge < -0.3 is 14.8 Å². The summed E-state index contributed by atoms with van der Waals surface area (Å²) in [5.74, 6) is 0.342. The summed E-state index contributed by atoms with van der Waals surface area (Å²) in [5, 5.41) is 5.19. The van der Waals surface area contributed by atoms with Crippen LogP contribution in [0.2, 0.25) is 0 Å². The van der Waals surface area contributed by atoms with E-state index in [9.17, 15) is 9.59 Å². The molecule has 0 saturated carbocycles. The summed E-state index contributed by atoms with van der Waals surface area (Å²) in [4.78, 5) is 28.4. The topological polar surface area (TPSA) is 77.5 Å². The fourth-order valence-electron chi connectivity index (χ4n) is 2.69. The maximum Gasteiger partial charge on any atom is 0.358 e. The lowest BCUT2D eigenvalue weighted by molar-refractivity contribution is -0.124. The predicted molar refractivity (Wildman–Crippen MR) is 111 cm³/mol. The van der Waals surface area contributed by atoms with Crippen LogP contribution in [0.3, 0.4) is 0 Å². The Morgan fingerprint density at radius 2 is 1.96 bits per heavy atom. The molecule has 0 unspecified atom stereocenters. The van der Waals surface area contributed by atoms with Crippen molar-refractivity contribution in [2.75, 3.05) is 20.3 Å². The molecule has 0 radical (unpaired) electrons. The largest absolute Gasteiger partial charge is 0.497 e. The van der Waals surface area contributed by atoms with E-state index in [1.807, 2.05) is 24.3 Å². The molecule has 0 bridgehead atoms. The number of amides is 1. The zero-order valence-electron chi connectivity index (χ0n) is 16.7. The molecule has 152 valence electrons. The first-order valence-electron chi connectivity index (χ1n) is 9.61. The van der Waals surface area contributed by atoms with Crippen molar-refractivity contribution in [3.05, 3.63) is 35.3 Å². The third-order valence-electron chi connectivity index (χ3n) is 4.52. The Kier molecular flexibility index (Phi) is 8.94. The van der Waals surface area contributed by atoms with Gasteiger partial charge in [-0.1, -0.05) is 33.1 Å². The van der Waals surface area contributed by atoms with Gasteiger partial charge in [0.15, 0.2) is 12.3 Å². The highest BCUT2D eigenvalue weighted by molar-refractivity contribution is 7.13. The monoisotopic (exact) mass is 404 g/mol. The van der Waals surface area contributed by atoms with Crippen molar-refractivity contribution in [1.29, 1.82) is 0 Å². The number of hydrogen-bond donors (Lipinski definition) is 1. The zero-order chi connectivity index (χ0) is 20.4. The molecular formula is C21H28N2O4S. The molecule has 1 heterocycles. The van der Waals surface area contributed by atoms with E-state index in [1.54, 1.807) is 12.5 Å². The van der Waals surface area contributed by atoms with Gasteiger partial charge in [-0.2, -0.15) is 0 Å². The van der Waals surface area contributed by atoms with Gasteiger partial charge in [-0.3, -0.25) is 4.79 Å². The molecule has 1 aromatic heterocycles. The summed E-state index contributed by atoms with van der Waals surface area (Å²) in [5.41, 5.74) is 1.10. The van der Waals surface area contributed by atoms with Crippen molar-refractivity contribution < 1.29 is 19.1 Å². The molecule has 0 aliphatic carbocycles. The molecule has 6 nitrogen and oxygen atoms in total. The highest BCUT2D eigenvalue weighted by atomic mass is 32.1. The van der Waals surface area contributed by atoms with Crippen LogP contribution in [0.15, 0.2) is 29.6 Å². The van der Waals surface area contributed by atoms with E-state index in [0.29, 0.717) is 17.5 Å². The number of nitrogens with zero attached hydrogens (tertiary/aromatic N) is 1. The van der Waals surface area contributed by atoms with Crippen molar-refractivity contribution in [3.63, 3.8) is 0 Å². The van der Waals surface area contributed by atoms with Gasteiger partial charge in [-0.05, 0) is 36.6 Å². The van der Waals surface area contributed by atoms with Crippen LogP contribution < -0.4 is 10.1 Å². The van der Waals surface area contributed by atoms with Gasteiger partial charge >= 0.3 is 5.97 Å². The van der Waals surface area contributed by atoms with Crippen LogP contribution in [0.4, 0.5) is 0 Å². The molecule has 1 atom stereocenters. The van der Waals surface area contributed by atoms with Gasteiger partial charge in [-0.15, -0.1) is 11.3 Å². The van der Waals surface area contributed by atoms with E-state index in [-0.39, 0.29) is 18.2 Å². The van der Waals surface area contributed by atoms with Crippen molar-refractivity contribution in [2.24, 2.45) is 5.92 Å². The maximum absolute atomic E-state index is 12.2. The van der Waals surface area contributed by atoms with Gasteiger partial charge in [0.25, 0.3) is 5.91 Å². The summed E-state index contributed by atoms with van der Waals surface area (Å²) in [7, 11) is 1.61. The summed E-state index contributed by atoms with van der Waals surface area (Å²) in [6.07, 6.45) is 4.42. The van der Waals surface area contributed by atoms with E-state index < -0.39 is 5.97 Å². The van der Waals surface area contributed by atoms with E-state index in [0.717, 1.165) is 37.0 Å². The quantitative estimate of drug-likeness (QED) is 0.565. The third kappa shape index (κ3) is 6.64. The van der Waals surface area contributed by atoms with Crippen LogP contribution in [0, 0.1) is 5.92 Å². The normalized spacial score (nSPS) is 11.7. The number of esters is 1. The first-order chi connectivity index (χ1) is 13.6. The van der Waals surface area contributed by atoms with Crippen LogP contribution in [-0.4, -0.2) is 37.1 Å². The average Bonchev–Trinajstić information content (AvgIpc) is 3.22. The Bertz CT molecular complexity index is 758. The molecular weight excluding hydrogens is 376 g/mol. The van der Waals surface area contributed by atoms with Gasteiger partial charge in [0, 0.05) is 17.5 Å². The SMILES string of the molecule is CCCC[C@@H](CC)CNC(=O)COC(=O)c1csc(-c2ccc(OC)cc2)n1. The van der Waals surface area contributed by atoms with Crippen LogP contribution in [-0.2, 0) is 9.53 Å². The first-order valence-corrected chi connectivity index (χ1v) is 10.5. The van der Waals surface area contributed by atoms with Gasteiger partial charge in [0.05, 0.1) is 7.11 Å². The van der Waals surface area contributed by atoms with Gasteiger partial charge in [0.2, 0.25) is 0 Å². The van der Waals surface area contributed by atoms with Gasteiger partial charge in [-0.25, -0.2) is 9.78 Å². The van der Waals surface area contributed by atoms with E-state index in [1.165, 1.54) is 11.3 Å². The number of unbranched alkanes of at least 4 members (excludes halogenated alkanes) is 1. The number of benzene rings is 1. The second kappa shape index (κ2) is 11.4. The third-order valence-corrected chi connectivity index (χ3v) is 5.41. The molecule has 0 saturated heterocycles. The molecule has 1 aromatic carbocycles. The molecule has 7 heteroatoms. The molecule has 0 fully saturated rings. The van der Waals surface area contributed by atoms with E-state index >= 15 is 0 Å². The number of methoxy groups -OCH3 is 1. The number of nitrogens with one attached hydrogen (secondary N) is 1. The van der Waals surface area contributed by atoms with E-state index in [2.05, 4.69) is 24.1 Å². The average molecular weight is 405 g/mol. The Labute approximate surface area is 170 Å². The second-order valence-electron chi connectivity index (χ2n) is 6.56. The summed E-state index contributed by atoms with van der Waals surface area (Å²) in [6.45, 7) is 4.60. The summed E-state index contributed by atoms with van der Waals surface area (Å²) in [6, 6.07) is 7.43.